The van der Waals surface area contributed by atoms with Crippen LogP contribution in [-0.2, 0) is 11.2 Å². The van der Waals surface area contributed by atoms with Gasteiger partial charge in [0.2, 0.25) is 5.91 Å². The number of nitrogens with two attached hydrogens (primary N) is 1. The van der Waals surface area contributed by atoms with Crippen LogP contribution in [0.5, 0.6) is 0 Å². The SMILES string of the molecule is Nc1c(NC(=O)Cc2cscn2)ccc(F)c1F. The van der Waals surface area contributed by atoms with Gasteiger partial charge in [-0.3, -0.25) is 4.79 Å². The summed E-state index contributed by atoms with van der Waals surface area (Å²) < 4.78 is 26.0. The molecule has 18 heavy (non-hydrogen) atoms. The Bertz CT molecular complexity index is 572. The van der Waals surface area contributed by atoms with E-state index in [1.165, 1.54) is 17.4 Å². The highest BCUT2D eigenvalue weighted by Gasteiger charge is 2.13. The Morgan fingerprint density at radius 1 is 1.44 bits per heavy atom. The molecule has 1 aromatic carbocycles. The van der Waals surface area contributed by atoms with Crippen molar-refractivity contribution in [2.45, 2.75) is 6.42 Å². The fourth-order valence-electron chi connectivity index (χ4n) is 1.36. The molecule has 7 heteroatoms. The van der Waals surface area contributed by atoms with Gasteiger partial charge in [-0.2, -0.15) is 0 Å². The lowest BCUT2D eigenvalue weighted by Gasteiger charge is -2.08. The normalized spacial score (nSPS) is 10.3. The standard InChI is InChI=1S/C11H9F2N3OS/c12-7-1-2-8(11(14)10(7)13)16-9(17)3-6-4-18-5-15-6/h1-2,4-5H,3,14H2,(H,16,17). The molecule has 3 N–H and O–H groups in total. The van der Waals surface area contributed by atoms with E-state index in [9.17, 15) is 13.6 Å². The molecule has 0 aliphatic rings. The summed E-state index contributed by atoms with van der Waals surface area (Å²) >= 11 is 1.37. The minimum Gasteiger partial charge on any atom is -0.395 e. The van der Waals surface area contributed by atoms with E-state index in [4.69, 9.17) is 5.73 Å². The van der Waals surface area contributed by atoms with Gasteiger partial charge in [0.1, 0.15) is 0 Å². The fourth-order valence-corrected chi connectivity index (χ4v) is 1.92. The van der Waals surface area contributed by atoms with Gasteiger partial charge in [0.25, 0.3) is 0 Å². The molecule has 0 saturated carbocycles. The molecule has 2 aromatic rings. The van der Waals surface area contributed by atoms with E-state index in [0.717, 1.165) is 6.07 Å². The second-order valence-corrected chi connectivity index (χ2v) is 4.25. The van der Waals surface area contributed by atoms with Crippen LogP contribution < -0.4 is 11.1 Å². The molecular formula is C11H9F2N3OS. The highest BCUT2D eigenvalue weighted by Crippen LogP contribution is 2.23. The van der Waals surface area contributed by atoms with Crippen LogP contribution in [0.2, 0.25) is 0 Å². The Morgan fingerprint density at radius 2 is 2.22 bits per heavy atom. The molecule has 0 aliphatic carbocycles. The van der Waals surface area contributed by atoms with Gasteiger partial charge in [0.05, 0.1) is 29.0 Å². The summed E-state index contributed by atoms with van der Waals surface area (Å²) in [5.41, 5.74) is 7.21. The second kappa shape index (κ2) is 5.09. The van der Waals surface area contributed by atoms with Crippen LogP contribution in [0, 0.1) is 11.6 Å². The summed E-state index contributed by atoms with van der Waals surface area (Å²) in [5, 5.41) is 4.14. The van der Waals surface area contributed by atoms with Crippen LogP contribution in [0.1, 0.15) is 5.69 Å². The van der Waals surface area contributed by atoms with Gasteiger partial charge in [-0.1, -0.05) is 0 Å². The summed E-state index contributed by atoms with van der Waals surface area (Å²) in [4.78, 5) is 15.6. The van der Waals surface area contributed by atoms with Crippen molar-refractivity contribution in [1.29, 1.82) is 0 Å². The minimum atomic E-state index is -1.17. The van der Waals surface area contributed by atoms with E-state index in [1.54, 1.807) is 10.9 Å². The van der Waals surface area contributed by atoms with Crippen molar-refractivity contribution in [3.8, 4) is 0 Å². The summed E-state index contributed by atoms with van der Waals surface area (Å²) in [7, 11) is 0. The number of nitrogens with one attached hydrogen (secondary N) is 1. The van der Waals surface area contributed by atoms with Crippen LogP contribution in [0.15, 0.2) is 23.0 Å². The molecule has 1 aromatic heterocycles. The maximum atomic E-state index is 13.2. The zero-order valence-corrected chi connectivity index (χ0v) is 9.93. The van der Waals surface area contributed by atoms with Gasteiger partial charge in [0.15, 0.2) is 11.6 Å². The summed E-state index contributed by atoms with van der Waals surface area (Å²) in [5.74, 6) is -2.61. The van der Waals surface area contributed by atoms with Crippen molar-refractivity contribution in [1.82, 2.24) is 4.98 Å². The quantitative estimate of drug-likeness (QED) is 0.839. The van der Waals surface area contributed by atoms with Gasteiger partial charge in [-0.05, 0) is 12.1 Å². The van der Waals surface area contributed by atoms with E-state index in [2.05, 4.69) is 10.3 Å². The van der Waals surface area contributed by atoms with Crippen molar-refractivity contribution in [3.63, 3.8) is 0 Å². The third kappa shape index (κ3) is 2.62. The van der Waals surface area contributed by atoms with Crippen LogP contribution in [-0.4, -0.2) is 10.9 Å². The highest BCUT2D eigenvalue weighted by atomic mass is 32.1. The molecule has 2 rings (SSSR count). The Morgan fingerprint density at radius 3 is 2.89 bits per heavy atom. The molecule has 0 spiro atoms. The molecule has 0 saturated heterocycles. The lowest BCUT2D eigenvalue weighted by molar-refractivity contribution is -0.115. The lowest BCUT2D eigenvalue weighted by atomic mass is 10.2. The first-order valence-corrected chi connectivity index (χ1v) is 5.92. The molecule has 0 fully saturated rings. The number of aromatic nitrogens is 1. The molecule has 0 unspecified atom stereocenters. The maximum Gasteiger partial charge on any atom is 0.230 e. The molecule has 0 radical (unpaired) electrons. The van der Waals surface area contributed by atoms with Crippen molar-refractivity contribution in [2.75, 3.05) is 11.1 Å². The van der Waals surface area contributed by atoms with E-state index in [0.29, 0.717) is 5.69 Å². The predicted molar refractivity (Wildman–Crippen MR) is 65.2 cm³/mol. The number of carbonyl (C=O) groups excluding carboxylic acids is 1. The Balaban J connectivity index is 2.10. The first-order valence-electron chi connectivity index (χ1n) is 4.98. The summed E-state index contributed by atoms with van der Waals surface area (Å²) in [6, 6.07) is 2.12. The predicted octanol–water partition coefficient (Wildman–Crippen LogP) is 2.18. The molecular weight excluding hydrogens is 260 g/mol. The number of hydrogen-bond acceptors (Lipinski definition) is 4. The first-order chi connectivity index (χ1) is 8.58. The summed E-state index contributed by atoms with van der Waals surface area (Å²) in [6.45, 7) is 0. The number of carbonyl (C=O) groups is 1. The molecule has 1 amide bonds. The number of nitrogens with zero attached hydrogens (tertiary/aromatic N) is 1. The number of benzene rings is 1. The molecule has 1 heterocycles. The fraction of sp³-hybridized carbons (Fsp3) is 0.0909. The van der Waals surface area contributed by atoms with Crippen LogP contribution in [0.25, 0.3) is 0 Å². The average Bonchev–Trinajstić information content (AvgIpc) is 2.83. The van der Waals surface area contributed by atoms with Crippen molar-refractivity contribution < 1.29 is 13.6 Å². The number of rotatable bonds is 3. The first kappa shape index (κ1) is 12.4. The molecule has 94 valence electrons. The van der Waals surface area contributed by atoms with E-state index >= 15 is 0 Å². The number of hydrogen-bond donors (Lipinski definition) is 2. The average molecular weight is 269 g/mol. The monoisotopic (exact) mass is 269 g/mol. The molecule has 0 aliphatic heterocycles. The van der Waals surface area contributed by atoms with Crippen molar-refractivity contribution in [2.24, 2.45) is 0 Å². The van der Waals surface area contributed by atoms with E-state index < -0.39 is 23.2 Å². The largest absolute Gasteiger partial charge is 0.395 e. The Hall–Kier alpha value is -2.02. The third-order valence-electron chi connectivity index (χ3n) is 2.23. The van der Waals surface area contributed by atoms with Crippen LogP contribution in [0.4, 0.5) is 20.2 Å². The van der Waals surface area contributed by atoms with E-state index in [-0.39, 0.29) is 12.1 Å². The van der Waals surface area contributed by atoms with Gasteiger partial charge < -0.3 is 11.1 Å². The summed E-state index contributed by atoms with van der Waals surface area (Å²) in [6.07, 6.45) is 0.0575. The number of halogens is 2. The minimum absolute atomic E-state index is 0.0501. The highest BCUT2D eigenvalue weighted by molar-refractivity contribution is 7.07. The number of thiazole rings is 1. The molecule has 0 bridgehead atoms. The van der Waals surface area contributed by atoms with Gasteiger partial charge in [0, 0.05) is 5.38 Å². The van der Waals surface area contributed by atoms with Crippen molar-refractivity contribution >= 4 is 28.6 Å². The maximum absolute atomic E-state index is 13.2. The Kier molecular flexibility index (Phi) is 3.52. The lowest BCUT2D eigenvalue weighted by Crippen LogP contribution is -2.16. The number of anilines is 2. The van der Waals surface area contributed by atoms with Crippen LogP contribution in [0.3, 0.4) is 0 Å². The number of nitrogen functional groups attached to an aromatic ring is 1. The van der Waals surface area contributed by atoms with Crippen molar-refractivity contribution in [3.05, 3.63) is 40.4 Å². The van der Waals surface area contributed by atoms with Gasteiger partial charge in [-0.25, -0.2) is 13.8 Å². The zero-order chi connectivity index (χ0) is 13.1. The topological polar surface area (TPSA) is 68.0 Å². The number of amides is 1. The van der Waals surface area contributed by atoms with E-state index in [1.807, 2.05) is 0 Å². The third-order valence-corrected chi connectivity index (χ3v) is 2.87. The van der Waals surface area contributed by atoms with Gasteiger partial charge in [-0.15, -0.1) is 11.3 Å². The second-order valence-electron chi connectivity index (χ2n) is 3.53. The smallest absolute Gasteiger partial charge is 0.230 e. The van der Waals surface area contributed by atoms with Crippen LogP contribution >= 0.6 is 11.3 Å². The Labute approximate surface area is 105 Å². The molecule has 0 atom stereocenters. The zero-order valence-electron chi connectivity index (χ0n) is 9.11. The van der Waals surface area contributed by atoms with Gasteiger partial charge >= 0.3 is 0 Å². The molecule has 4 nitrogen and oxygen atoms in total.